The van der Waals surface area contributed by atoms with E-state index in [2.05, 4.69) is 22.0 Å². The first kappa shape index (κ1) is 21.4. The smallest absolute Gasteiger partial charge is 0.192 e. The maximum absolute atomic E-state index is 13.4. The molecule has 6 heteroatoms. The highest BCUT2D eigenvalue weighted by Crippen LogP contribution is 2.41. The Balaban J connectivity index is 1.60. The third-order valence-electron chi connectivity index (χ3n) is 6.09. The van der Waals surface area contributed by atoms with Gasteiger partial charge in [0.15, 0.2) is 5.88 Å². The van der Waals surface area contributed by atoms with E-state index < -0.39 is 0 Å². The van der Waals surface area contributed by atoms with Crippen molar-refractivity contribution in [2.75, 3.05) is 13.7 Å². The zero-order valence-corrected chi connectivity index (χ0v) is 19.2. The van der Waals surface area contributed by atoms with Crippen molar-refractivity contribution in [1.82, 2.24) is 9.88 Å². The van der Waals surface area contributed by atoms with E-state index >= 15 is 0 Å². The molecule has 0 saturated heterocycles. The lowest BCUT2D eigenvalue weighted by Crippen LogP contribution is -2.37. The molecule has 1 aromatic heterocycles. The first-order chi connectivity index (χ1) is 16.1. The molecule has 0 fully saturated rings. The fourth-order valence-corrected chi connectivity index (χ4v) is 4.71. The number of benzene rings is 3. The van der Waals surface area contributed by atoms with E-state index in [1.54, 1.807) is 19.2 Å². The Labute approximate surface area is 197 Å². The van der Waals surface area contributed by atoms with Crippen LogP contribution in [0.2, 0.25) is 5.02 Å². The van der Waals surface area contributed by atoms with Gasteiger partial charge in [-0.25, -0.2) is 4.39 Å². The first-order valence-electron chi connectivity index (χ1n) is 10.9. The van der Waals surface area contributed by atoms with Crippen LogP contribution < -0.4 is 9.47 Å². The Morgan fingerprint density at radius 2 is 1.79 bits per heavy atom. The molecule has 1 N–H and O–H groups in total. The molecule has 1 aliphatic heterocycles. The van der Waals surface area contributed by atoms with Gasteiger partial charge in [0, 0.05) is 28.2 Å². The summed E-state index contributed by atoms with van der Waals surface area (Å²) >= 11 is 6.31. The zero-order valence-electron chi connectivity index (χ0n) is 18.4. The molecule has 0 saturated carbocycles. The minimum atomic E-state index is -0.292. The van der Waals surface area contributed by atoms with Gasteiger partial charge in [-0.05, 0) is 85.1 Å². The molecule has 3 aromatic carbocycles. The molecule has 0 amide bonds. The van der Waals surface area contributed by atoms with Crippen LogP contribution in [0.15, 0.2) is 78.7 Å². The van der Waals surface area contributed by atoms with Gasteiger partial charge in [-0.3, -0.25) is 0 Å². The largest absolute Gasteiger partial charge is 0.497 e. The van der Waals surface area contributed by atoms with Gasteiger partial charge < -0.3 is 19.4 Å². The third-order valence-corrected chi connectivity index (χ3v) is 6.32. The Kier molecular flexibility index (Phi) is 5.73. The summed E-state index contributed by atoms with van der Waals surface area (Å²) in [6.45, 7) is 2.70. The molecule has 0 bridgehead atoms. The number of hydrogen-bond donors (Lipinski definition) is 1. The zero-order chi connectivity index (χ0) is 22.9. The van der Waals surface area contributed by atoms with Crippen molar-refractivity contribution in [3.05, 3.63) is 106 Å². The average Bonchev–Trinajstić information content (AvgIpc) is 3.21. The highest BCUT2D eigenvalue weighted by atomic mass is 35.5. The normalized spacial score (nSPS) is 16.1. The van der Waals surface area contributed by atoms with Gasteiger partial charge in [0.25, 0.3) is 0 Å². The summed E-state index contributed by atoms with van der Waals surface area (Å²) in [7, 11) is 1.66. The van der Waals surface area contributed by atoms with E-state index in [1.165, 1.54) is 17.7 Å². The van der Waals surface area contributed by atoms with Crippen LogP contribution in [0, 0.1) is 5.82 Å². The lowest BCUT2D eigenvalue weighted by Gasteiger charge is -2.38. The summed E-state index contributed by atoms with van der Waals surface area (Å²) in [6.07, 6.45) is 2.79. The van der Waals surface area contributed by atoms with Crippen molar-refractivity contribution in [3.8, 4) is 11.5 Å². The Hall–Kier alpha value is -3.44. The number of aromatic amines is 1. The van der Waals surface area contributed by atoms with Crippen LogP contribution in [-0.4, -0.2) is 23.5 Å². The lowest BCUT2D eigenvalue weighted by atomic mass is 9.92. The quantitative estimate of drug-likeness (QED) is 0.329. The molecule has 33 heavy (non-hydrogen) atoms. The maximum Gasteiger partial charge on any atom is 0.192 e. The molecule has 0 spiro atoms. The van der Waals surface area contributed by atoms with Crippen molar-refractivity contribution >= 4 is 22.5 Å². The van der Waals surface area contributed by atoms with Crippen LogP contribution in [0.5, 0.6) is 11.5 Å². The highest BCUT2D eigenvalue weighted by Gasteiger charge is 2.33. The monoisotopic (exact) mass is 462 g/mol. The molecule has 0 radical (unpaired) electrons. The van der Waals surface area contributed by atoms with Crippen molar-refractivity contribution in [1.29, 1.82) is 0 Å². The van der Waals surface area contributed by atoms with Crippen LogP contribution in [-0.2, 0) is 6.42 Å². The molecule has 5 rings (SSSR count). The Morgan fingerprint density at radius 1 is 1.06 bits per heavy atom. The molecule has 4 nitrogen and oxygen atoms in total. The minimum Gasteiger partial charge on any atom is -0.497 e. The van der Waals surface area contributed by atoms with Gasteiger partial charge in [0.05, 0.1) is 13.2 Å². The van der Waals surface area contributed by atoms with E-state index in [-0.39, 0.29) is 11.9 Å². The summed E-state index contributed by atoms with van der Waals surface area (Å²) in [5.41, 5.74) is 4.55. The first-order valence-corrected chi connectivity index (χ1v) is 11.3. The number of hydrogen-bond acceptors (Lipinski definition) is 3. The van der Waals surface area contributed by atoms with Crippen LogP contribution in [0.25, 0.3) is 10.9 Å². The standard InChI is InChI=1S/C27H24ClFN2O2/c1-3-25(33-21-11-7-19(29)8-12-21)31-15-14-22-23-16-18(28)6-13-24(23)30-26(22)27(31)17-4-9-20(32-2)10-5-17/h3-13,16,27,30H,14-15H2,1-2H3. The van der Waals surface area contributed by atoms with E-state index in [0.29, 0.717) is 11.6 Å². The lowest BCUT2D eigenvalue weighted by molar-refractivity contribution is 0.171. The molecule has 1 unspecified atom stereocenters. The van der Waals surface area contributed by atoms with Crippen molar-refractivity contribution in [2.24, 2.45) is 0 Å². The fraction of sp³-hybridized carbons (Fsp3) is 0.185. The molecule has 0 aliphatic carbocycles. The molecule has 1 atom stereocenters. The number of ether oxygens (including phenoxy) is 2. The predicted molar refractivity (Wildman–Crippen MR) is 129 cm³/mol. The average molecular weight is 463 g/mol. The van der Waals surface area contributed by atoms with Crippen molar-refractivity contribution in [3.63, 3.8) is 0 Å². The van der Waals surface area contributed by atoms with Gasteiger partial charge in [0.2, 0.25) is 0 Å². The van der Waals surface area contributed by atoms with E-state index in [9.17, 15) is 4.39 Å². The van der Waals surface area contributed by atoms with Crippen molar-refractivity contribution < 1.29 is 13.9 Å². The van der Waals surface area contributed by atoms with Gasteiger partial charge in [-0.1, -0.05) is 23.7 Å². The number of aromatic nitrogens is 1. The second-order valence-corrected chi connectivity index (χ2v) is 8.45. The van der Waals surface area contributed by atoms with Gasteiger partial charge in [0.1, 0.15) is 17.3 Å². The summed E-state index contributed by atoms with van der Waals surface area (Å²) in [5.74, 6) is 1.82. The number of rotatable bonds is 5. The number of halogens is 2. The minimum absolute atomic E-state index is 0.0996. The Morgan fingerprint density at radius 3 is 2.48 bits per heavy atom. The van der Waals surface area contributed by atoms with Gasteiger partial charge >= 0.3 is 0 Å². The summed E-state index contributed by atoms with van der Waals surface area (Å²) in [4.78, 5) is 5.88. The van der Waals surface area contributed by atoms with Crippen LogP contribution in [0.1, 0.15) is 29.8 Å². The van der Waals surface area contributed by atoms with Gasteiger partial charge in [-0.2, -0.15) is 0 Å². The summed E-state index contributed by atoms with van der Waals surface area (Å²) in [6, 6.07) is 20.0. The number of nitrogens with one attached hydrogen (secondary N) is 1. The number of methoxy groups -OCH3 is 1. The topological polar surface area (TPSA) is 37.5 Å². The molecular weight excluding hydrogens is 439 g/mol. The third kappa shape index (κ3) is 4.05. The SMILES string of the molecule is CC=C(Oc1ccc(F)cc1)N1CCc2c([nH]c3ccc(Cl)cc23)C1c1ccc(OC)cc1. The van der Waals surface area contributed by atoms with Crippen LogP contribution in [0.4, 0.5) is 4.39 Å². The summed E-state index contributed by atoms with van der Waals surface area (Å²) < 4.78 is 25.0. The van der Waals surface area contributed by atoms with Crippen molar-refractivity contribution in [2.45, 2.75) is 19.4 Å². The van der Waals surface area contributed by atoms with E-state index in [0.717, 1.165) is 45.9 Å². The summed E-state index contributed by atoms with van der Waals surface area (Å²) in [5, 5.41) is 1.87. The van der Waals surface area contributed by atoms with Gasteiger partial charge in [-0.15, -0.1) is 0 Å². The van der Waals surface area contributed by atoms with Crippen LogP contribution >= 0.6 is 11.6 Å². The van der Waals surface area contributed by atoms with Crippen LogP contribution in [0.3, 0.4) is 0 Å². The molecule has 2 heterocycles. The second-order valence-electron chi connectivity index (χ2n) is 8.01. The fourth-order valence-electron chi connectivity index (χ4n) is 4.54. The highest BCUT2D eigenvalue weighted by molar-refractivity contribution is 6.31. The number of H-pyrrole nitrogens is 1. The number of fused-ring (bicyclic) bond motifs is 3. The molecule has 1 aliphatic rings. The molecule has 4 aromatic rings. The predicted octanol–water partition coefficient (Wildman–Crippen LogP) is 6.86. The maximum atomic E-state index is 13.4. The number of allylic oxidation sites excluding steroid dienone is 1. The second kappa shape index (κ2) is 8.83. The molecule has 168 valence electrons. The van der Waals surface area contributed by atoms with E-state index in [1.807, 2.05) is 43.3 Å². The molecular formula is C27H24ClFN2O2. The number of nitrogens with zero attached hydrogens (tertiary/aromatic N) is 1. The van der Waals surface area contributed by atoms with E-state index in [4.69, 9.17) is 21.1 Å². The Bertz CT molecular complexity index is 1310.